The van der Waals surface area contributed by atoms with E-state index in [4.69, 9.17) is 9.97 Å². The third-order valence-corrected chi connectivity index (χ3v) is 7.47. The third-order valence-electron chi connectivity index (χ3n) is 7.47. The van der Waals surface area contributed by atoms with Crippen molar-refractivity contribution < 1.29 is 0 Å². The first-order valence-corrected chi connectivity index (χ1v) is 10.2. The largest absolute Gasteiger partial charge is 0.301 e. The lowest BCUT2D eigenvalue weighted by molar-refractivity contribution is 0.351. The minimum Gasteiger partial charge on any atom is -0.301 e. The Kier molecular flexibility index (Phi) is 2.95. The standard InChI is InChI=1S/C24H24N4/c1-4-24-15-23(24,3)22-27(18-11-7-5-9-16(18)2)20-21(26-14-13-25-20)28(22)19-12-8-6-10-17(19)24/h5-14,22H,4,15H2,1-3H3. The summed E-state index contributed by atoms with van der Waals surface area (Å²) in [5, 5.41) is 0. The molecule has 3 aromatic rings. The van der Waals surface area contributed by atoms with Crippen LogP contribution in [0, 0.1) is 12.3 Å². The molecule has 3 heterocycles. The zero-order chi connectivity index (χ0) is 19.1. The van der Waals surface area contributed by atoms with Crippen molar-refractivity contribution in [3.63, 3.8) is 0 Å². The third kappa shape index (κ3) is 1.68. The van der Waals surface area contributed by atoms with E-state index >= 15 is 0 Å². The van der Waals surface area contributed by atoms with E-state index in [9.17, 15) is 0 Å². The SMILES string of the molecule is CCC12CC1(C)C1N(c3ccccc3C)c3nccnc3N1c1ccccc12. The van der Waals surface area contributed by atoms with Gasteiger partial charge >= 0.3 is 0 Å². The number of nitrogens with zero attached hydrogens (tertiary/aromatic N) is 4. The molecule has 0 spiro atoms. The Morgan fingerprint density at radius 2 is 1.54 bits per heavy atom. The van der Waals surface area contributed by atoms with E-state index in [0.29, 0.717) is 0 Å². The van der Waals surface area contributed by atoms with E-state index in [1.165, 1.54) is 28.9 Å². The van der Waals surface area contributed by atoms with Crippen LogP contribution >= 0.6 is 0 Å². The molecule has 140 valence electrons. The molecule has 4 heteroatoms. The van der Waals surface area contributed by atoms with Crippen LogP contribution in [-0.2, 0) is 5.41 Å². The fraction of sp³-hybridized carbons (Fsp3) is 0.333. The van der Waals surface area contributed by atoms with Gasteiger partial charge in [0.05, 0.1) is 0 Å². The maximum atomic E-state index is 4.81. The molecule has 0 N–H and O–H groups in total. The van der Waals surface area contributed by atoms with Crippen LogP contribution in [0.1, 0.15) is 37.8 Å². The summed E-state index contributed by atoms with van der Waals surface area (Å²) in [5.74, 6) is 1.94. The van der Waals surface area contributed by atoms with Crippen LogP contribution in [0.2, 0.25) is 0 Å². The van der Waals surface area contributed by atoms with Gasteiger partial charge in [0.15, 0.2) is 11.6 Å². The van der Waals surface area contributed by atoms with Gasteiger partial charge in [0.1, 0.15) is 6.17 Å². The molecular formula is C24H24N4. The maximum absolute atomic E-state index is 4.81. The molecule has 2 aliphatic heterocycles. The van der Waals surface area contributed by atoms with Gasteiger partial charge in [-0.05, 0) is 43.0 Å². The molecule has 0 amide bonds. The van der Waals surface area contributed by atoms with E-state index in [1.54, 1.807) is 0 Å². The molecule has 3 aliphatic rings. The molecule has 1 aromatic heterocycles. The molecule has 2 aromatic carbocycles. The monoisotopic (exact) mass is 368 g/mol. The zero-order valence-corrected chi connectivity index (χ0v) is 16.6. The van der Waals surface area contributed by atoms with Crippen LogP contribution < -0.4 is 9.80 Å². The van der Waals surface area contributed by atoms with Gasteiger partial charge in [-0.2, -0.15) is 0 Å². The number of hydrogen-bond donors (Lipinski definition) is 0. The Bertz CT molecular complexity index is 1110. The Morgan fingerprint density at radius 1 is 0.929 bits per heavy atom. The molecule has 3 atom stereocenters. The molecular weight excluding hydrogens is 344 g/mol. The lowest BCUT2D eigenvalue weighted by Gasteiger charge is -2.45. The topological polar surface area (TPSA) is 32.3 Å². The zero-order valence-electron chi connectivity index (χ0n) is 16.6. The molecule has 1 aliphatic carbocycles. The Hall–Kier alpha value is -2.88. The van der Waals surface area contributed by atoms with Gasteiger partial charge in [-0.15, -0.1) is 0 Å². The van der Waals surface area contributed by atoms with Crippen LogP contribution in [0.25, 0.3) is 0 Å². The number of benzene rings is 2. The quantitative estimate of drug-likeness (QED) is 0.600. The smallest absolute Gasteiger partial charge is 0.178 e. The summed E-state index contributed by atoms with van der Waals surface area (Å²) >= 11 is 0. The number of rotatable bonds is 2. The van der Waals surface area contributed by atoms with E-state index in [0.717, 1.165) is 18.1 Å². The fourth-order valence-corrected chi connectivity index (χ4v) is 6.04. The van der Waals surface area contributed by atoms with Gasteiger partial charge in [0, 0.05) is 34.6 Å². The predicted octanol–water partition coefficient (Wildman–Crippen LogP) is 5.47. The second-order valence-corrected chi connectivity index (χ2v) is 8.65. The molecule has 6 rings (SSSR count). The highest BCUT2D eigenvalue weighted by Crippen LogP contribution is 2.76. The Morgan fingerprint density at radius 3 is 2.21 bits per heavy atom. The van der Waals surface area contributed by atoms with Crippen molar-refractivity contribution >= 4 is 23.0 Å². The highest BCUT2D eigenvalue weighted by Gasteiger charge is 2.74. The van der Waals surface area contributed by atoms with E-state index in [1.807, 2.05) is 12.4 Å². The average Bonchev–Trinajstić information content (AvgIpc) is 3.23. The van der Waals surface area contributed by atoms with Crippen molar-refractivity contribution in [2.45, 2.75) is 45.2 Å². The van der Waals surface area contributed by atoms with Crippen molar-refractivity contribution in [1.82, 2.24) is 9.97 Å². The highest BCUT2D eigenvalue weighted by molar-refractivity contribution is 5.88. The summed E-state index contributed by atoms with van der Waals surface area (Å²) in [6.45, 7) is 6.99. The second kappa shape index (κ2) is 5.13. The molecule has 0 bridgehead atoms. The molecule has 1 fully saturated rings. The lowest BCUT2D eigenvalue weighted by Crippen LogP contribution is -2.50. The van der Waals surface area contributed by atoms with Crippen molar-refractivity contribution in [3.05, 3.63) is 72.1 Å². The van der Waals surface area contributed by atoms with Gasteiger partial charge in [0.2, 0.25) is 0 Å². The fourth-order valence-electron chi connectivity index (χ4n) is 6.04. The summed E-state index contributed by atoms with van der Waals surface area (Å²) in [5.41, 5.74) is 5.65. The van der Waals surface area contributed by atoms with Crippen LogP contribution in [0.3, 0.4) is 0 Å². The highest BCUT2D eigenvalue weighted by atomic mass is 15.5. The van der Waals surface area contributed by atoms with Crippen molar-refractivity contribution in [2.24, 2.45) is 5.41 Å². The first-order chi connectivity index (χ1) is 13.6. The Labute approximate surface area is 165 Å². The van der Waals surface area contributed by atoms with E-state index in [-0.39, 0.29) is 17.0 Å². The summed E-state index contributed by atoms with van der Waals surface area (Å²) < 4.78 is 0. The van der Waals surface area contributed by atoms with Gasteiger partial charge in [0.25, 0.3) is 0 Å². The van der Waals surface area contributed by atoms with Crippen LogP contribution in [0.15, 0.2) is 60.9 Å². The summed E-state index contributed by atoms with van der Waals surface area (Å²) in [4.78, 5) is 14.5. The van der Waals surface area contributed by atoms with Crippen LogP contribution in [0.4, 0.5) is 23.0 Å². The van der Waals surface area contributed by atoms with Gasteiger partial charge < -0.3 is 9.80 Å². The average molecular weight is 368 g/mol. The number of aryl methyl sites for hydroxylation is 1. The predicted molar refractivity (Wildman–Crippen MR) is 112 cm³/mol. The van der Waals surface area contributed by atoms with Crippen molar-refractivity contribution in [3.8, 4) is 0 Å². The van der Waals surface area contributed by atoms with Crippen LogP contribution in [-0.4, -0.2) is 16.1 Å². The number of para-hydroxylation sites is 2. The first kappa shape index (κ1) is 16.1. The van der Waals surface area contributed by atoms with Crippen molar-refractivity contribution in [1.29, 1.82) is 0 Å². The summed E-state index contributed by atoms with van der Waals surface area (Å²) in [7, 11) is 0. The summed E-state index contributed by atoms with van der Waals surface area (Å²) in [6, 6.07) is 17.6. The molecule has 3 unspecified atom stereocenters. The van der Waals surface area contributed by atoms with Crippen LogP contribution in [0.5, 0.6) is 0 Å². The lowest BCUT2D eigenvalue weighted by atomic mass is 9.78. The normalized spacial score (nSPS) is 29.0. The minimum atomic E-state index is 0.154. The first-order valence-electron chi connectivity index (χ1n) is 10.2. The van der Waals surface area contributed by atoms with Gasteiger partial charge in [-0.1, -0.05) is 50.2 Å². The molecule has 0 radical (unpaired) electrons. The molecule has 1 saturated carbocycles. The van der Waals surface area contributed by atoms with Crippen molar-refractivity contribution in [2.75, 3.05) is 9.80 Å². The second-order valence-electron chi connectivity index (χ2n) is 8.65. The number of aromatic nitrogens is 2. The Balaban J connectivity index is 1.67. The van der Waals surface area contributed by atoms with Gasteiger partial charge in [-0.25, -0.2) is 9.97 Å². The van der Waals surface area contributed by atoms with Gasteiger partial charge in [-0.3, -0.25) is 0 Å². The van der Waals surface area contributed by atoms with E-state index in [2.05, 4.69) is 79.1 Å². The molecule has 28 heavy (non-hydrogen) atoms. The molecule has 4 nitrogen and oxygen atoms in total. The maximum Gasteiger partial charge on any atom is 0.178 e. The number of anilines is 4. The van der Waals surface area contributed by atoms with E-state index < -0.39 is 0 Å². The molecule has 0 saturated heterocycles. The minimum absolute atomic E-state index is 0.154. The number of hydrogen-bond acceptors (Lipinski definition) is 4. The summed E-state index contributed by atoms with van der Waals surface area (Å²) in [6.07, 6.45) is 6.18. The number of fused-ring (bicyclic) bond motifs is 8.